The van der Waals surface area contributed by atoms with Gasteiger partial charge in [-0.3, -0.25) is 14.6 Å². The lowest BCUT2D eigenvalue weighted by molar-refractivity contribution is -0.138. The SMILES string of the molecule is Cc1ncccc1NC(=O)CCC(=O)O. The average Bonchev–Trinajstić information content (AvgIpc) is 2.18. The molecule has 0 spiro atoms. The molecule has 2 N–H and O–H groups in total. The molecule has 0 radical (unpaired) electrons. The number of carboxylic acids is 1. The average molecular weight is 208 g/mol. The molecule has 0 aliphatic heterocycles. The molecule has 0 atom stereocenters. The Hall–Kier alpha value is -1.91. The van der Waals surface area contributed by atoms with Crippen molar-refractivity contribution in [2.45, 2.75) is 19.8 Å². The van der Waals surface area contributed by atoms with Crippen LogP contribution in [0.1, 0.15) is 18.5 Å². The molecule has 1 aromatic heterocycles. The van der Waals surface area contributed by atoms with Crippen molar-refractivity contribution < 1.29 is 14.7 Å². The molecule has 0 saturated heterocycles. The Bertz CT molecular complexity index is 377. The van der Waals surface area contributed by atoms with Gasteiger partial charge in [0, 0.05) is 12.6 Å². The van der Waals surface area contributed by atoms with E-state index in [1.165, 1.54) is 0 Å². The van der Waals surface area contributed by atoms with E-state index in [2.05, 4.69) is 10.3 Å². The zero-order valence-corrected chi connectivity index (χ0v) is 8.36. The Balaban J connectivity index is 2.52. The third kappa shape index (κ3) is 3.76. The van der Waals surface area contributed by atoms with Gasteiger partial charge >= 0.3 is 5.97 Å². The Kier molecular flexibility index (Phi) is 3.79. The van der Waals surface area contributed by atoms with Crippen LogP contribution in [-0.4, -0.2) is 22.0 Å². The first-order valence-electron chi connectivity index (χ1n) is 4.53. The van der Waals surface area contributed by atoms with Crippen molar-refractivity contribution >= 4 is 17.6 Å². The number of carboxylic acid groups (broad SMARTS) is 1. The molecule has 1 aromatic rings. The summed E-state index contributed by atoms with van der Waals surface area (Å²) in [5.41, 5.74) is 1.33. The number of amides is 1. The van der Waals surface area contributed by atoms with E-state index in [4.69, 9.17) is 5.11 Å². The number of carbonyl (C=O) groups is 2. The molecule has 1 amide bonds. The molecular weight excluding hydrogens is 196 g/mol. The molecule has 80 valence electrons. The van der Waals surface area contributed by atoms with Crippen LogP contribution in [0.4, 0.5) is 5.69 Å². The number of aryl methyl sites for hydroxylation is 1. The van der Waals surface area contributed by atoms with Crippen LogP contribution in [-0.2, 0) is 9.59 Å². The summed E-state index contributed by atoms with van der Waals surface area (Å²) in [7, 11) is 0. The molecule has 0 aliphatic rings. The van der Waals surface area contributed by atoms with Gasteiger partial charge in [-0.2, -0.15) is 0 Å². The monoisotopic (exact) mass is 208 g/mol. The van der Waals surface area contributed by atoms with Crippen LogP contribution in [0.2, 0.25) is 0 Å². The minimum atomic E-state index is -0.979. The lowest BCUT2D eigenvalue weighted by atomic mass is 10.2. The summed E-state index contributed by atoms with van der Waals surface area (Å²) >= 11 is 0. The summed E-state index contributed by atoms with van der Waals surface area (Å²) < 4.78 is 0. The number of aliphatic carboxylic acids is 1. The number of nitrogens with one attached hydrogen (secondary N) is 1. The van der Waals surface area contributed by atoms with E-state index in [1.54, 1.807) is 25.3 Å². The summed E-state index contributed by atoms with van der Waals surface area (Å²) in [5, 5.41) is 11.0. The molecule has 1 heterocycles. The van der Waals surface area contributed by atoms with Crippen molar-refractivity contribution in [1.29, 1.82) is 0 Å². The molecule has 0 aliphatic carbocycles. The van der Waals surface area contributed by atoms with E-state index < -0.39 is 5.97 Å². The zero-order chi connectivity index (χ0) is 11.3. The topological polar surface area (TPSA) is 79.3 Å². The van der Waals surface area contributed by atoms with Crippen LogP contribution >= 0.6 is 0 Å². The summed E-state index contributed by atoms with van der Waals surface area (Å²) in [6.07, 6.45) is 1.44. The standard InChI is InChI=1S/C10H12N2O3/c1-7-8(3-2-6-11-7)12-9(13)4-5-10(14)15/h2-3,6H,4-5H2,1H3,(H,12,13)(H,14,15). The highest BCUT2D eigenvalue weighted by Crippen LogP contribution is 2.10. The second-order valence-electron chi connectivity index (χ2n) is 3.08. The van der Waals surface area contributed by atoms with Gasteiger partial charge in [0.2, 0.25) is 5.91 Å². The molecular formula is C10H12N2O3. The molecule has 1 rings (SSSR count). The Morgan fingerprint density at radius 3 is 2.80 bits per heavy atom. The van der Waals surface area contributed by atoms with E-state index >= 15 is 0 Å². The van der Waals surface area contributed by atoms with Crippen LogP contribution in [0.15, 0.2) is 18.3 Å². The zero-order valence-electron chi connectivity index (χ0n) is 8.36. The molecule has 5 nitrogen and oxygen atoms in total. The Labute approximate surface area is 87.1 Å². The number of hydrogen-bond donors (Lipinski definition) is 2. The quantitative estimate of drug-likeness (QED) is 0.779. The predicted octanol–water partition coefficient (Wildman–Crippen LogP) is 1.19. The van der Waals surface area contributed by atoms with Crippen molar-refractivity contribution in [3.05, 3.63) is 24.0 Å². The third-order valence-electron chi connectivity index (χ3n) is 1.85. The van der Waals surface area contributed by atoms with Crippen molar-refractivity contribution in [2.24, 2.45) is 0 Å². The van der Waals surface area contributed by atoms with E-state index in [1.807, 2.05) is 0 Å². The van der Waals surface area contributed by atoms with E-state index in [9.17, 15) is 9.59 Å². The van der Waals surface area contributed by atoms with Gasteiger partial charge in [-0.25, -0.2) is 0 Å². The smallest absolute Gasteiger partial charge is 0.303 e. The lowest BCUT2D eigenvalue weighted by Crippen LogP contribution is -2.14. The van der Waals surface area contributed by atoms with Crippen LogP contribution in [0.3, 0.4) is 0 Å². The normalized spacial score (nSPS) is 9.67. The van der Waals surface area contributed by atoms with Crippen LogP contribution in [0.25, 0.3) is 0 Å². The number of rotatable bonds is 4. The van der Waals surface area contributed by atoms with Gasteiger partial charge in [0.1, 0.15) is 0 Å². The summed E-state index contributed by atoms with van der Waals surface area (Å²) in [6.45, 7) is 1.77. The molecule has 0 unspecified atom stereocenters. The first-order valence-corrected chi connectivity index (χ1v) is 4.53. The molecule has 0 bridgehead atoms. The third-order valence-corrected chi connectivity index (χ3v) is 1.85. The van der Waals surface area contributed by atoms with E-state index in [0.29, 0.717) is 11.4 Å². The van der Waals surface area contributed by atoms with E-state index in [-0.39, 0.29) is 18.7 Å². The number of anilines is 1. The number of aromatic nitrogens is 1. The highest BCUT2D eigenvalue weighted by Gasteiger charge is 2.06. The second-order valence-corrected chi connectivity index (χ2v) is 3.08. The van der Waals surface area contributed by atoms with E-state index in [0.717, 1.165) is 0 Å². The molecule has 0 saturated carbocycles. The Morgan fingerprint density at radius 1 is 1.47 bits per heavy atom. The highest BCUT2D eigenvalue weighted by atomic mass is 16.4. The number of pyridine rings is 1. The van der Waals surface area contributed by atoms with Gasteiger partial charge < -0.3 is 10.4 Å². The number of carbonyl (C=O) groups excluding carboxylic acids is 1. The maximum atomic E-state index is 11.3. The molecule has 0 fully saturated rings. The summed E-state index contributed by atoms with van der Waals surface area (Å²) in [5.74, 6) is -1.29. The highest BCUT2D eigenvalue weighted by molar-refractivity contribution is 5.92. The minimum Gasteiger partial charge on any atom is -0.481 e. The molecule has 15 heavy (non-hydrogen) atoms. The van der Waals surface area contributed by atoms with Crippen molar-refractivity contribution in [3.8, 4) is 0 Å². The predicted molar refractivity (Wildman–Crippen MR) is 54.5 cm³/mol. The minimum absolute atomic E-state index is 0.0241. The van der Waals surface area contributed by atoms with Crippen LogP contribution < -0.4 is 5.32 Å². The Morgan fingerprint density at radius 2 is 2.20 bits per heavy atom. The van der Waals surface area contributed by atoms with Gasteiger partial charge in [-0.1, -0.05) is 0 Å². The molecule has 5 heteroatoms. The fourth-order valence-electron chi connectivity index (χ4n) is 1.05. The fourth-order valence-corrected chi connectivity index (χ4v) is 1.05. The lowest BCUT2D eigenvalue weighted by Gasteiger charge is -2.05. The van der Waals surface area contributed by atoms with Gasteiger partial charge in [0.25, 0.3) is 0 Å². The number of hydrogen-bond acceptors (Lipinski definition) is 3. The molecule has 0 aromatic carbocycles. The van der Waals surface area contributed by atoms with Gasteiger partial charge in [0.05, 0.1) is 17.8 Å². The van der Waals surface area contributed by atoms with Crippen molar-refractivity contribution in [3.63, 3.8) is 0 Å². The van der Waals surface area contributed by atoms with Gasteiger partial charge in [-0.05, 0) is 19.1 Å². The maximum absolute atomic E-state index is 11.3. The van der Waals surface area contributed by atoms with Crippen LogP contribution in [0.5, 0.6) is 0 Å². The van der Waals surface area contributed by atoms with Crippen molar-refractivity contribution in [2.75, 3.05) is 5.32 Å². The fraction of sp³-hybridized carbons (Fsp3) is 0.300. The summed E-state index contributed by atoms with van der Waals surface area (Å²) in [4.78, 5) is 25.5. The number of nitrogens with zero attached hydrogens (tertiary/aromatic N) is 1. The van der Waals surface area contributed by atoms with Gasteiger partial charge in [-0.15, -0.1) is 0 Å². The van der Waals surface area contributed by atoms with Gasteiger partial charge in [0.15, 0.2) is 0 Å². The first kappa shape index (κ1) is 11.2. The van der Waals surface area contributed by atoms with Crippen molar-refractivity contribution in [1.82, 2.24) is 4.98 Å². The van der Waals surface area contributed by atoms with Crippen LogP contribution in [0, 0.1) is 6.92 Å². The first-order chi connectivity index (χ1) is 7.09. The largest absolute Gasteiger partial charge is 0.481 e. The second kappa shape index (κ2) is 5.09. The summed E-state index contributed by atoms with van der Waals surface area (Å²) in [6, 6.07) is 3.43. The maximum Gasteiger partial charge on any atom is 0.303 e.